The largest absolute Gasteiger partial charge is 0.577 e. The molecule has 1 aliphatic rings. The van der Waals surface area contributed by atoms with Crippen LogP contribution in [0.2, 0.25) is 0 Å². The second kappa shape index (κ2) is 11.0. The van der Waals surface area contributed by atoms with Crippen LogP contribution in [0.5, 0.6) is 0 Å². The number of benzene rings is 1. The number of hydrogen-bond acceptors (Lipinski definition) is 4. The van der Waals surface area contributed by atoms with Gasteiger partial charge in [0.2, 0.25) is 0 Å². The van der Waals surface area contributed by atoms with E-state index in [0.29, 0.717) is 19.8 Å². The molecule has 1 aromatic carbocycles. The van der Waals surface area contributed by atoms with Crippen molar-refractivity contribution in [3.05, 3.63) is 35.4 Å². The highest BCUT2D eigenvalue weighted by Crippen LogP contribution is 2.11. The predicted octanol–water partition coefficient (Wildman–Crippen LogP) is 2.41. The summed E-state index contributed by atoms with van der Waals surface area (Å²) in [7, 11) is -1.40. The van der Waals surface area contributed by atoms with E-state index >= 15 is 0 Å². The molecule has 5 heteroatoms. The van der Waals surface area contributed by atoms with Crippen molar-refractivity contribution in [1.29, 1.82) is 0 Å². The summed E-state index contributed by atoms with van der Waals surface area (Å²) in [5.41, 5.74) is 2.98. The Labute approximate surface area is 124 Å². The summed E-state index contributed by atoms with van der Waals surface area (Å²) in [4.78, 5) is 0. The van der Waals surface area contributed by atoms with Crippen LogP contribution in [0, 0.1) is 0 Å². The van der Waals surface area contributed by atoms with E-state index in [1.54, 1.807) is 0 Å². The normalized spacial score (nSPS) is 13.6. The van der Waals surface area contributed by atoms with Crippen molar-refractivity contribution in [1.82, 2.24) is 5.32 Å². The van der Waals surface area contributed by atoms with Crippen molar-refractivity contribution in [3.8, 4) is 0 Å². The van der Waals surface area contributed by atoms with Gasteiger partial charge in [0.1, 0.15) is 0 Å². The predicted molar refractivity (Wildman–Crippen MR) is 82.5 cm³/mol. The van der Waals surface area contributed by atoms with E-state index in [1.165, 1.54) is 17.5 Å². The van der Waals surface area contributed by atoms with Gasteiger partial charge in [-0.2, -0.15) is 0 Å². The Morgan fingerprint density at radius 2 is 1.50 bits per heavy atom. The number of rotatable bonds is 6. The highest BCUT2D eigenvalue weighted by atomic mass is 28.3. The fraction of sp³-hybridized carbons (Fsp3) is 0.600. The van der Waals surface area contributed by atoms with Crippen LogP contribution in [0.3, 0.4) is 0 Å². The van der Waals surface area contributed by atoms with Gasteiger partial charge >= 0.3 is 9.53 Å². The molecule has 4 nitrogen and oxygen atoms in total. The van der Waals surface area contributed by atoms with Gasteiger partial charge in [-0.15, -0.1) is 0 Å². The zero-order valence-electron chi connectivity index (χ0n) is 12.8. The lowest BCUT2D eigenvalue weighted by atomic mass is 10.0. The highest BCUT2D eigenvalue weighted by Gasteiger charge is 2.15. The maximum atomic E-state index is 5.18. The quantitative estimate of drug-likeness (QED) is 0.818. The van der Waals surface area contributed by atoms with Crippen LogP contribution in [0.1, 0.15) is 31.9 Å². The van der Waals surface area contributed by atoms with Crippen molar-refractivity contribution >= 4 is 9.53 Å². The van der Waals surface area contributed by atoms with Crippen LogP contribution in [0.4, 0.5) is 0 Å². The third kappa shape index (κ3) is 6.63. The molecular weight excluding hydrogens is 270 g/mol. The molecule has 0 fully saturated rings. The topological polar surface area (TPSA) is 39.7 Å². The first-order chi connectivity index (χ1) is 9.81. The lowest BCUT2D eigenvalue weighted by Gasteiger charge is -2.15. The Kier molecular flexibility index (Phi) is 9.52. The Hall–Kier alpha value is -0.723. The smallest absolute Gasteiger partial charge is 0.371 e. The van der Waals surface area contributed by atoms with Crippen LogP contribution in [-0.2, 0) is 26.2 Å². The van der Waals surface area contributed by atoms with E-state index in [0.717, 1.165) is 13.1 Å². The van der Waals surface area contributed by atoms with Gasteiger partial charge in [-0.3, -0.25) is 0 Å². The van der Waals surface area contributed by atoms with Gasteiger partial charge in [0.15, 0.2) is 0 Å². The molecule has 1 radical (unpaired) electrons. The molecule has 1 heterocycles. The summed E-state index contributed by atoms with van der Waals surface area (Å²) in [5.74, 6) is 0. The molecule has 0 amide bonds. The van der Waals surface area contributed by atoms with Crippen LogP contribution >= 0.6 is 0 Å². The first-order valence-corrected chi connectivity index (χ1v) is 8.57. The maximum Gasteiger partial charge on any atom is 0.577 e. The molecule has 1 aromatic rings. The molecule has 0 spiro atoms. The van der Waals surface area contributed by atoms with Crippen molar-refractivity contribution in [3.63, 3.8) is 0 Å². The van der Waals surface area contributed by atoms with E-state index in [9.17, 15) is 0 Å². The van der Waals surface area contributed by atoms with Crippen molar-refractivity contribution in [2.24, 2.45) is 0 Å². The zero-order chi connectivity index (χ0) is 14.6. The first kappa shape index (κ1) is 17.3. The molecular formula is C15H26NO3Si. The fourth-order valence-corrected chi connectivity index (χ4v) is 2.86. The second-order valence-corrected chi connectivity index (χ2v) is 5.61. The summed E-state index contributed by atoms with van der Waals surface area (Å²) >= 11 is 0. The third-order valence-electron chi connectivity index (χ3n) is 2.79. The van der Waals surface area contributed by atoms with E-state index in [4.69, 9.17) is 13.3 Å². The van der Waals surface area contributed by atoms with Gasteiger partial charge in [0.05, 0.1) is 0 Å². The first-order valence-electron chi connectivity index (χ1n) is 7.34. The molecule has 0 saturated heterocycles. The molecule has 0 atom stereocenters. The van der Waals surface area contributed by atoms with Gasteiger partial charge in [0.25, 0.3) is 0 Å². The zero-order valence-corrected chi connectivity index (χ0v) is 13.8. The lowest BCUT2D eigenvalue weighted by molar-refractivity contribution is 0.107. The molecule has 1 N–H and O–H groups in total. The van der Waals surface area contributed by atoms with Crippen LogP contribution in [0.15, 0.2) is 24.3 Å². The molecule has 0 aliphatic carbocycles. The van der Waals surface area contributed by atoms with Crippen molar-refractivity contribution in [2.75, 3.05) is 26.4 Å². The maximum absolute atomic E-state index is 5.18. The number of fused-ring (bicyclic) bond motifs is 1. The number of hydrogen-bond donors (Lipinski definition) is 1. The lowest BCUT2D eigenvalue weighted by Crippen LogP contribution is -2.27. The van der Waals surface area contributed by atoms with E-state index in [2.05, 4.69) is 29.6 Å². The van der Waals surface area contributed by atoms with Crippen molar-refractivity contribution < 1.29 is 13.3 Å². The minimum atomic E-state index is -1.40. The van der Waals surface area contributed by atoms with Gasteiger partial charge < -0.3 is 18.6 Å². The number of nitrogens with one attached hydrogen (secondary N) is 1. The molecule has 113 valence electrons. The Morgan fingerprint density at radius 3 is 2.00 bits per heavy atom. The summed E-state index contributed by atoms with van der Waals surface area (Å²) < 4.78 is 15.5. The summed E-state index contributed by atoms with van der Waals surface area (Å²) in [5, 5.41) is 3.34. The average Bonchev–Trinajstić information content (AvgIpc) is 2.49. The molecule has 1 aliphatic heterocycles. The molecule has 0 saturated carbocycles. The summed E-state index contributed by atoms with van der Waals surface area (Å²) in [6.07, 6.45) is 1.19. The molecule has 0 unspecified atom stereocenters. The van der Waals surface area contributed by atoms with Gasteiger partial charge in [-0.05, 0) is 44.9 Å². The van der Waals surface area contributed by atoms with Crippen LogP contribution in [0.25, 0.3) is 0 Å². The minimum absolute atomic E-state index is 0.661. The SMILES string of the molecule is CCO[Si](OCC)OCC.c1ccc2c(c1)CCNC2. The second-order valence-electron chi connectivity index (χ2n) is 4.24. The van der Waals surface area contributed by atoms with E-state index < -0.39 is 9.53 Å². The standard InChI is InChI=1S/C9H11N.C6H15O3Si/c1-2-4-9-7-10-6-5-8(9)3-1;1-4-7-10(8-5-2)9-6-3/h1-4,10H,5-7H2;4-6H2,1-3H3. The van der Waals surface area contributed by atoms with Crippen molar-refractivity contribution in [2.45, 2.75) is 33.7 Å². The Bertz CT molecular complexity index is 323. The minimum Gasteiger partial charge on any atom is -0.371 e. The van der Waals surface area contributed by atoms with Crippen LogP contribution in [-0.4, -0.2) is 35.9 Å². The Morgan fingerprint density at radius 1 is 0.950 bits per heavy atom. The molecule has 20 heavy (non-hydrogen) atoms. The third-order valence-corrected chi connectivity index (χ3v) is 4.36. The monoisotopic (exact) mass is 296 g/mol. The molecule has 0 aromatic heterocycles. The highest BCUT2D eigenvalue weighted by molar-refractivity contribution is 6.36. The van der Waals surface area contributed by atoms with Gasteiger partial charge in [-0.25, -0.2) is 0 Å². The fourth-order valence-electron chi connectivity index (χ4n) is 1.90. The van der Waals surface area contributed by atoms with E-state index in [-0.39, 0.29) is 0 Å². The van der Waals surface area contributed by atoms with Gasteiger partial charge in [0, 0.05) is 26.4 Å². The van der Waals surface area contributed by atoms with Gasteiger partial charge in [-0.1, -0.05) is 24.3 Å². The molecule has 2 rings (SSSR count). The van der Waals surface area contributed by atoms with Crippen LogP contribution < -0.4 is 5.32 Å². The average molecular weight is 296 g/mol. The molecule has 0 bridgehead atoms. The van der Waals surface area contributed by atoms with E-state index in [1.807, 2.05) is 20.8 Å². The summed E-state index contributed by atoms with van der Waals surface area (Å²) in [6, 6.07) is 8.63. The Balaban J connectivity index is 0.000000200. The summed E-state index contributed by atoms with van der Waals surface area (Å²) in [6.45, 7) is 9.97.